The van der Waals surface area contributed by atoms with Gasteiger partial charge >= 0.3 is 0 Å². The van der Waals surface area contributed by atoms with Crippen molar-refractivity contribution in [3.8, 4) is 0 Å². The fourth-order valence-electron chi connectivity index (χ4n) is 2.66. The molecule has 1 aliphatic rings. The van der Waals surface area contributed by atoms with E-state index >= 15 is 0 Å². The van der Waals surface area contributed by atoms with Crippen molar-refractivity contribution in [2.24, 2.45) is 17.1 Å². The van der Waals surface area contributed by atoms with Gasteiger partial charge in [-0.1, -0.05) is 26.7 Å². The first-order valence-electron chi connectivity index (χ1n) is 4.93. The number of hydrogen-bond donors (Lipinski definition) is 1. The molecule has 0 aromatic carbocycles. The summed E-state index contributed by atoms with van der Waals surface area (Å²) in [7, 11) is 0. The van der Waals surface area contributed by atoms with Crippen molar-refractivity contribution in [1.29, 1.82) is 0 Å². The second kappa shape index (κ2) is 3.57. The highest BCUT2D eigenvalue weighted by Gasteiger charge is 2.36. The SMILES string of the molecule is CCC1CCCC1(C)CCN. The maximum atomic E-state index is 5.61. The minimum absolute atomic E-state index is 0.587. The van der Waals surface area contributed by atoms with Gasteiger partial charge in [-0.25, -0.2) is 0 Å². The first-order chi connectivity index (χ1) is 5.23. The lowest BCUT2D eigenvalue weighted by Gasteiger charge is -2.30. The van der Waals surface area contributed by atoms with Gasteiger partial charge in [0.1, 0.15) is 0 Å². The summed E-state index contributed by atoms with van der Waals surface area (Å²) in [5, 5.41) is 0. The van der Waals surface area contributed by atoms with E-state index in [9.17, 15) is 0 Å². The van der Waals surface area contributed by atoms with Crippen LogP contribution in [-0.2, 0) is 0 Å². The Morgan fingerprint density at radius 1 is 1.55 bits per heavy atom. The van der Waals surface area contributed by atoms with Gasteiger partial charge in [-0.15, -0.1) is 0 Å². The highest BCUT2D eigenvalue weighted by atomic mass is 14.6. The van der Waals surface area contributed by atoms with Gasteiger partial charge in [-0.05, 0) is 37.1 Å². The Balaban J connectivity index is 2.51. The second-order valence-electron chi connectivity index (χ2n) is 4.19. The average Bonchev–Trinajstić information content (AvgIpc) is 2.31. The van der Waals surface area contributed by atoms with Crippen LogP contribution in [0.4, 0.5) is 0 Å². The lowest BCUT2D eigenvalue weighted by Crippen LogP contribution is -2.24. The maximum Gasteiger partial charge on any atom is -0.00720 e. The van der Waals surface area contributed by atoms with Gasteiger partial charge in [-0.2, -0.15) is 0 Å². The molecule has 1 aliphatic carbocycles. The number of hydrogen-bond acceptors (Lipinski definition) is 1. The molecule has 1 fully saturated rings. The predicted molar refractivity (Wildman–Crippen MR) is 49.4 cm³/mol. The lowest BCUT2D eigenvalue weighted by atomic mass is 9.76. The third-order valence-electron chi connectivity index (χ3n) is 3.49. The van der Waals surface area contributed by atoms with E-state index in [4.69, 9.17) is 5.73 Å². The van der Waals surface area contributed by atoms with Gasteiger partial charge in [0.2, 0.25) is 0 Å². The molecule has 0 aliphatic heterocycles. The average molecular weight is 155 g/mol. The van der Waals surface area contributed by atoms with Crippen molar-refractivity contribution in [2.45, 2.75) is 46.0 Å². The first-order valence-corrected chi connectivity index (χ1v) is 4.93. The smallest absolute Gasteiger partial charge is 0.00720 e. The Kier molecular flexibility index (Phi) is 2.94. The summed E-state index contributed by atoms with van der Waals surface area (Å²) < 4.78 is 0. The van der Waals surface area contributed by atoms with Crippen LogP contribution in [0.3, 0.4) is 0 Å². The molecule has 2 unspecified atom stereocenters. The molecule has 1 nitrogen and oxygen atoms in total. The van der Waals surface area contributed by atoms with Crippen molar-refractivity contribution in [1.82, 2.24) is 0 Å². The topological polar surface area (TPSA) is 26.0 Å². The van der Waals surface area contributed by atoms with E-state index in [0.717, 1.165) is 12.5 Å². The third kappa shape index (κ3) is 1.76. The monoisotopic (exact) mass is 155 g/mol. The first kappa shape index (κ1) is 9.05. The van der Waals surface area contributed by atoms with E-state index in [1.807, 2.05) is 0 Å². The van der Waals surface area contributed by atoms with Gasteiger partial charge < -0.3 is 5.73 Å². The molecule has 0 amide bonds. The van der Waals surface area contributed by atoms with Gasteiger partial charge in [-0.3, -0.25) is 0 Å². The Morgan fingerprint density at radius 2 is 2.27 bits per heavy atom. The van der Waals surface area contributed by atoms with Gasteiger partial charge in [0, 0.05) is 0 Å². The molecular weight excluding hydrogens is 134 g/mol. The molecule has 11 heavy (non-hydrogen) atoms. The minimum atomic E-state index is 0.587. The summed E-state index contributed by atoms with van der Waals surface area (Å²) in [5.41, 5.74) is 6.20. The summed E-state index contributed by atoms with van der Waals surface area (Å²) in [4.78, 5) is 0. The van der Waals surface area contributed by atoms with E-state index in [2.05, 4.69) is 13.8 Å². The summed E-state index contributed by atoms with van der Waals surface area (Å²) in [6.45, 7) is 5.60. The van der Waals surface area contributed by atoms with E-state index in [1.165, 1.54) is 32.1 Å². The molecule has 2 N–H and O–H groups in total. The zero-order chi connectivity index (χ0) is 8.32. The molecule has 0 saturated heterocycles. The maximum absolute atomic E-state index is 5.61. The van der Waals surface area contributed by atoms with Crippen molar-refractivity contribution >= 4 is 0 Å². The van der Waals surface area contributed by atoms with E-state index in [1.54, 1.807) is 0 Å². The molecule has 0 aromatic heterocycles. The van der Waals surface area contributed by atoms with Crippen molar-refractivity contribution in [3.63, 3.8) is 0 Å². The summed E-state index contributed by atoms with van der Waals surface area (Å²) in [5.74, 6) is 0.950. The Bertz CT molecular complexity index is 122. The highest BCUT2D eigenvalue weighted by Crippen LogP contribution is 2.46. The van der Waals surface area contributed by atoms with Crippen LogP contribution in [0.1, 0.15) is 46.0 Å². The summed E-state index contributed by atoms with van der Waals surface area (Å²) in [6, 6.07) is 0. The van der Waals surface area contributed by atoms with Gasteiger partial charge in [0.15, 0.2) is 0 Å². The van der Waals surface area contributed by atoms with E-state index in [-0.39, 0.29) is 0 Å². The Hall–Kier alpha value is -0.0400. The number of nitrogens with two attached hydrogens (primary N) is 1. The molecule has 2 atom stereocenters. The largest absolute Gasteiger partial charge is 0.330 e. The van der Waals surface area contributed by atoms with Crippen LogP contribution in [0.2, 0.25) is 0 Å². The fourth-order valence-corrected chi connectivity index (χ4v) is 2.66. The molecule has 66 valence electrons. The van der Waals surface area contributed by atoms with Gasteiger partial charge in [0.25, 0.3) is 0 Å². The predicted octanol–water partition coefficient (Wildman–Crippen LogP) is 2.55. The molecule has 0 heterocycles. The van der Waals surface area contributed by atoms with Crippen molar-refractivity contribution < 1.29 is 0 Å². The molecular formula is C10H21N. The van der Waals surface area contributed by atoms with Crippen LogP contribution in [0.25, 0.3) is 0 Å². The van der Waals surface area contributed by atoms with Crippen molar-refractivity contribution in [3.05, 3.63) is 0 Å². The Labute approximate surface area is 70.4 Å². The zero-order valence-electron chi connectivity index (χ0n) is 7.90. The Morgan fingerprint density at radius 3 is 2.82 bits per heavy atom. The zero-order valence-corrected chi connectivity index (χ0v) is 7.90. The van der Waals surface area contributed by atoms with Gasteiger partial charge in [0.05, 0.1) is 0 Å². The standard InChI is InChI=1S/C10H21N/c1-3-9-5-4-6-10(9,2)7-8-11/h9H,3-8,11H2,1-2H3. The molecule has 0 aromatic rings. The lowest BCUT2D eigenvalue weighted by molar-refractivity contribution is 0.208. The minimum Gasteiger partial charge on any atom is -0.330 e. The van der Waals surface area contributed by atoms with Crippen LogP contribution < -0.4 is 5.73 Å². The summed E-state index contributed by atoms with van der Waals surface area (Å²) >= 11 is 0. The normalized spacial score (nSPS) is 37.9. The molecule has 1 saturated carbocycles. The fraction of sp³-hybridized carbons (Fsp3) is 1.00. The van der Waals surface area contributed by atoms with Crippen LogP contribution >= 0.6 is 0 Å². The molecule has 1 rings (SSSR count). The highest BCUT2D eigenvalue weighted by molar-refractivity contribution is 4.87. The van der Waals surface area contributed by atoms with E-state index < -0.39 is 0 Å². The van der Waals surface area contributed by atoms with Crippen LogP contribution in [0, 0.1) is 11.3 Å². The summed E-state index contributed by atoms with van der Waals surface area (Å²) in [6.07, 6.45) is 6.84. The third-order valence-corrected chi connectivity index (χ3v) is 3.49. The second-order valence-corrected chi connectivity index (χ2v) is 4.19. The molecule has 0 bridgehead atoms. The molecule has 1 heteroatoms. The van der Waals surface area contributed by atoms with Crippen LogP contribution in [0.5, 0.6) is 0 Å². The van der Waals surface area contributed by atoms with Crippen LogP contribution in [0.15, 0.2) is 0 Å². The molecule has 0 spiro atoms. The van der Waals surface area contributed by atoms with Crippen molar-refractivity contribution in [2.75, 3.05) is 6.54 Å². The quantitative estimate of drug-likeness (QED) is 0.666. The molecule has 0 radical (unpaired) electrons. The number of rotatable bonds is 3. The van der Waals surface area contributed by atoms with E-state index in [0.29, 0.717) is 5.41 Å². The van der Waals surface area contributed by atoms with Crippen LogP contribution in [-0.4, -0.2) is 6.54 Å².